The van der Waals surface area contributed by atoms with E-state index in [0.717, 1.165) is 5.56 Å². The number of nitrogens with one attached hydrogen (secondary N) is 1. The van der Waals surface area contributed by atoms with Crippen molar-refractivity contribution in [3.8, 4) is 5.75 Å². The summed E-state index contributed by atoms with van der Waals surface area (Å²) in [7, 11) is -0.704. The SMILES string of the molecule is Cc1ccc(C)c(S(=O)(=O)Oc2ccc(C(=O)Nc3cccc(C(=O)N(C)C)c3)cc2)c1. The Bertz CT molecular complexity index is 1270. The maximum absolute atomic E-state index is 12.6. The fourth-order valence-corrected chi connectivity index (χ4v) is 4.25. The van der Waals surface area contributed by atoms with Crippen LogP contribution in [0.25, 0.3) is 0 Å². The third-order valence-corrected chi connectivity index (χ3v) is 6.10. The van der Waals surface area contributed by atoms with E-state index >= 15 is 0 Å². The molecule has 0 aliphatic rings. The highest BCUT2D eigenvalue weighted by Gasteiger charge is 2.20. The van der Waals surface area contributed by atoms with Gasteiger partial charge in [0.25, 0.3) is 11.8 Å². The van der Waals surface area contributed by atoms with Crippen LogP contribution in [0.15, 0.2) is 71.6 Å². The lowest BCUT2D eigenvalue weighted by molar-refractivity contribution is 0.0827. The lowest BCUT2D eigenvalue weighted by Crippen LogP contribution is -2.22. The number of hydrogen-bond acceptors (Lipinski definition) is 5. The number of benzene rings is 3. The largest absolute Gasteiger partial charge is 0.379 e. The topological polar surface area (TPSA) is 92.8 Å². The molecule has 0 unspecified atom stereocenters. The molecule has 0 atom stereocenters. The number of carbonyl (C=O) groups excluding carboxylic acids is 2. The Morgan fingerprint density at radius 1 is 0.875 bits per heavy atom. The molecular weight excluding hydrogens is 428 g/mol. The minimum absolute atomic E-state index is 0.0982. The van der Waals surface area contributed by atoms with Crippen molar-refractivity contribution in [2.45, 2.75) is 18.7 Å². The molecule has 1 N–H and O–H groups in total. The highest BCUT2D eigenvalue weighted by atomic mass is 32.2. The molecule has 0 aromatic heterocycles. The lowest BCUT2D eigenvalue weighted by Gasteiger charge is -2.12. The summed E-state index contributed by atoms with van der Waals surface area (Å²) < 4.78 is 30.5. The predicted octanol–water partition coefficient (Wildman–Crippen LogP) is 4.03. The van der Waals surface area contributed by atoms with Crippen LogP contribution in [-0.2, 0) is 10.1 Å². The molecule has 166 valence electrons. The number of rotatable bonds is 6. The lowest BCUT2D eigenvalue weighted by atomic mass is 10.1. The Kier molecular flexibility index (Phi) is 6.64. The summed E-state index contributed by atoms with van der Waals surface area (Å²) in [4.78, 5) is 26.2. The molecule has 0 fully saturated rings. The van der Waals surface area contributed by atoms with Crippen molar-refractivity contribution in [2.75, 3.05) is 19.4 Å². The Hall–Kier alpha value is -3.65. The van der Waals surface area contributed by atoms with Crippen LogP contribution in [0.3, 0.4) is 0 Å². The van der Waals surface area contributed by atoms with Gasteiger partial charge in [-0.15, -0.1) is 0 Å². The van der Waals surface area contributed by atoms with E-state index < -0.39 is 16.0 Å². The van der Waals surface area contributed by atoms with Crippen LogP contribution in [-0.4, -0.2) is 39.2 Å². The van der Waals surface area contributed by atoms with Crippen LogP contribution in [0.5, 0.6) is 5.75 Å². The van der Waals surface area contributed by atoms with Crippen LogP contribution < -0.4 is 9.50 Å². The van der Waals surface area contributed by atoms with Gasteiger partial charge >= 0.3 is 10.1 Å². The van der Waals surface area contributed by atoms with Crippen molar-refractivity contribution in [1.29, 1.82) is 0 Å². The monoisotopic (exact) mass is 452 g/mol. The first kappa shape index (κ1) is 23.0. The highest BCUT2D eigenvalue weighted by molar-refractivity contribution is 7.87. The second-order valence-electron chi connectivity index (χ2n) is 7.57. The van der Waals surface area contributed by atoms with Gasteiger partial charge in [-0.05, 0) is 73.5 Å². The number of anilines is 1. The summed E-state index contributed by atoms with van der Waals surface area (Å²) in [6.45, 7) is 3.50. The third kappa shape index (κ3) is 5.33. The summed E-state index contributed by atoms with van der Waals surface area (Å²) in [6.07, 6.45) is 0. The second-order valence-corrected chi connectivity index (χ2v) is 9.08. The van der Waals surface area contributed by atoms with Gasteiger partial charge in [0.2, 0.25) is 0 Å². The summed E-state index contributed by atoms with van der Waals surface area (Å²) in [6, 6.07) is 17.5. The molecule has 32 heavy (non-hydrogen) atoms. The van der Waals surface area contributed by atoms with Gasteiger partial charge < -0.3 is 14.4 Å². The van der Waals surface area contributed by atoms with Gasteiger partial charge in [-0.2, -0.15) is 8.42 Å². The summed E-state index contributed by atoms with van der Waals surface area (Å²) >= 11 is 0. The van der Waals surface area contributed by atoms with Crippen molar-refractivity contribution < 1.29 is 22.2 Å². The smallest absolute Gasteiger partial charge is 0.339 e. The molecule has 3 rings (SSSR count). The first-order valence-corrected chi connectivity index (χ1v) is 11.2. The van der Waals surface area contributed by atoms with Gasteiger partial charge in [0.05, 0.1) is 0 Å². The van der Waals surface area contributed by atoms with E-state index in [0.29, 0.717) is 22.4 Å². The standard InChI is InChI=1S/C24H24N2O5S/c1-16-8-9-17(2)22(14-16)32(29,30)31-21-12-10-18(11-13-21)23(27)25-20-7-5-6-19(15-20)24(28)26(3)4/h5-15H,1-4H3,(H,25,27). The fraction of sp³-hybridized carbons (Fsp3) is 0.167. The molecule has 3 aromatic carbocycles. The quantitative estimate of drug-likeness (QED) is 0.570. The average molecular weight is 453 g/mol. The van der Waals surface area contributed by atoms with E-state index in [1.165, 1.54) is 29.2 Å². The zero-order valence-corrected chi connectivity index (χ0v) is 19.1. The number of hydrogen-bond donors (Lipinski definition) is 1. The van der Waals surface area contributed by atoms with E-state index in [1.807, 2.05) is 6.07 Å². The Balaban J connectivity index is 1.73. The minimum atomic E-state index is -4.00. The molecule has 0 aliphatic heterocycles. The van der Waals surface area contributed by atoms with Crippen LogP contribution in [0, 0.1) is 13.8 Å². The molecule has 7 nitrogen and oxygen atoms in total. The van der Waals surface area contributed by atoms with Gasteiger partial charge in [-0.3, -0.25) is 9.59 Å². The number of nitrogens with zero attached hydrogens (tertiary/aromatic N) is 1. The minimum Gasteiger partial charge on any atom is -0.379 e. The zero-order chi connectivity index (χ0) is 23.5. The molecule has 2 amide bonds. The second kappa shape index (κ2) is 9.23. The highest BCUT2D eigenvalue weighted by Crippen LogP contribution is 2.23. The summed E-state index contributed by atoms with van der Waals surface area (Å²) in [5.41, 5.74) is 2.63. The zero-order valence-electron chi connectivity index (χ0n) is 18.2. The van der Waals surface area contributed by atoms with Crippen LogP contribution in [0.4, 0.5) is 5.69 Å². The molecule has 0 bridgehead atoms. The molecule has 0 spiro atoms. The number of amides is 2. The number of aryl methyl sites for hydroxylation is 2. The van der Waals surface area contributed by atoms with Crippen LogP contribution >= 0.6 is 0 Å². The molecule has 0 radical (unpaired) electrons. The van der Waals surface area contributed by atoms with E-state index in [4.69, 9.17) is 4.18 Å². The van der Waals surface area contributed by atoms with Gasteiger partial charge in [-0.1, -0.05) is 18.2 Å². The number of carbonyl (C=O) groups is 2. The van der Waals surface area contributed by atoms with Crippen molar-refractivity contribution in [3.63, 3.8) is 0 Å². The van der Waals surface area contributed by atoms with Crippen LogP contribution in [0.1, 0.15) is 31.8 Å². The maximum Gasteiger partial charge on any atom is 0.339 e. The van der Waals surface area contributed by atoms with E-state index in [1.54, 1.807) is 64.3 Å². The van der Waals surface area contributed by atoms with Gasteiger partial charge in [0, 0.05) is 30.9 Å². The molecule has 0 aliphatic carbocycles. The molecule has 0 saturated heterocycles. The molecule has 3 aromatic rings. The van der Waals surface area contributed by atoms with Crippen molar-refractivity contribution in [1.82, 2.24) is 4.90 Å². The predicted molar refractivity (Wildman–Crippen MR) is 123 cm³/mol. The van der Waals surface area contributed by atoms with E-state index in [2.05, 4.69) is 5.32 Å². The Morgan fingerprint density at radius 2 is 1.56 bits per heavy atom. The summed E-state index contributed by atoms with van der Waals surface area (Å²) in [5.74, 6) is -0.475. The summed E-state index contributed by atoms with van der Waals surface area (Å²) in [5, 5.41) is 2.73. The molecule has 0 heterocycles. The maximum atomic E-state index is 12.6. The van der Waals surface area contributed by atoms with Crippen molar-refractivity contribution in [3.05, 3.63) is 89.0 Å². The van der Waals surface area contributed by atoms with Crippen LogP contribution in [0.2, 0.25) is 0 Å². The van der Waals surface area contributed by atoms with E-state index in [9.17, 15) is 18.0 Å². The normalized spacial score (nSPS) is 11.0. The van der Waals surface area contributed by atoms with Gasteiger partial charge in [-0.25, -0.2) is 0 Å². The fourth-order valence-electron chi connectivity index (χ4n) is 3.00. The first-order chi connectivity index (χ1) is 15.1. The van der Waals surface area contributed by atoms with E-state index in [-0.39, 0.29) is 16.6 Å². The Morgan fingerprint density at radius 3 is 2.22 bits per heavy atom. The van der Waals surface area contributed by atoms with Crippen molar-refractivity contribution in [2.24, 2.45) is 0 Å². The van der Waals surface area contributed by atoms with Gasteiger partial charge in [0.15, 0.2) is 0 Å². The van der Waals surface area contributed by atoms with Gasteiger partial charge in [0.1, 0.15) is 10.6 Å². The molecule has 0 saturated carbocycles. The average Bonchev–Trinajstić information content (AvgIpc) is 2.75. The third-order valence-electron chi connectivity index (χ3n) is 4.71. The Labute approximate surface area is 187 Å². The molecule has 8 heteroatoms. The molecular formula is C24H24N2O5S. The first-order valence-electron chi connectivity index (χ1n) is 9.82. The van der Waals surface area contributed by atoms with Crippen molar-refractivity contribution >= 4 is 27.6 Å².